The Bertz CT molecular complexity index is 276. The van der Waals surface area contributed by atoms with E-state index < -0.39 is 0 Å². The zero-order valence-corrected chi connectivity index (χ0v) is 10.2. The van der Waals surface area contributed by atoms with E-state index in [1.54, 1.807) is 0 Å². The molecule has 0 radical (unpaired) electrons. The summed E-state index contributed by atoms with van der Waals surface area (Å²) >= 11 is 0. The molecule has 2 rings (SSSR count). The van der Waals surface area contributed by atoms with Crippen LogP contribution < -0.4 is 5.73 Å². The predicted octanol–water partition coefficient (Wildman–Crippen LogP) is 0.751. The molecule has 16 heavy (non-hydrogen) atoms. The molecule has 4 heteroatoms. The van der Waals surface area contributed by atoms with Crippen molar-refractivity contribution < 1.29 is 9.53 Å². The minimum Gasteiger partial charge on any atom is -0.379 e. The van der Waals surface area contributed by atoms with Crippen molar-refractivity contribution in [2.24, 2.45) is 11.1 Å². The molecule has 1 aliphatic carbocycles. The zero-order valence-electron chi connectivity index (χ0n) is 10.2. The highest BCUT2D eigenvalue weighted by Crippen LogP contribution is 2.38. The Hall–Kier alpha value is -0.610. The molecule has 0 aromatic carbocycles. The fraction of sp³-hybridized carbons (Fsp3) is 0.917. The smallest absolute Gasteiger partial charge is 0.230 e. The van der Waals surface area contributed by atoms with Crippen LogP contribution in [0.25, 0.3) is 0 Å². The SMILES string of the molecule is CN(C(=O)C1(C)CCCC1N)C1CCOC1. The first kappa shape index (κ1) is 11.9. The van der Waals surface area contributed by atoms with Crippen molar-refractivity contribution in [3.63, 3.8) is 0 Å². The summed E-state index contributed by atoms with van der Waals surface area (Å²) in [5.41, 5.74) is 5.72. The van der Waals surface area contributed by atoms with Gasteiger partial charge in [-0.1, -0.05) is 6.42 Å². The summed E-state index contributed by atoms with van der Waals surface area (Å²) < 4.78 is 5.33. The Labute approximate surface area is 97.1 Å². The van der Waals surface area contributed by atoms with Gasteiger partial charge in [-0.2, -0.15) is 0 Å². The van der Waals surface area contributed by atoms with Crippen LogP contribution in [0.15, 0.2) is 0 Å². The summed E-state index contributed by atoms with van der Waals surface area (Å²) in [6, 6.07) is 0.266. The summed E-state index contributed by atoms with van der Waals surface area (Å²) in [6.07, 6.45) is 3.91. The first-order valence-corrected chi connectivity index (χ1v) is 6.16. The van der Waals surface area contributed by atoms with Gasteiger partial charge in [0.1, 0.15) is 0 Å². The van der Waals surface area contributed by atoms with E-state index in [0.717, 1.165) is 32.3 Å². The number of likely N-dealkylation sites (N-methyl/N-ethyl adjacent to an activating group) is 1. The van der Waals surface area contributed by atoms with Crippen LogP contribution in [0.4, 0.5) is 0 Å². The maximum Gasteiger partial charge on any atom is 0.230 e. The molecule has 1 amide bonds. The van der Waals surface area contributed by atoms with Gasteiger partial charge < -0.3 is 15.4 Å². The highest BCUT2D eigenvalue weighted by Gasteiger charge is 2.45. The largest absolute Gasteiger partial charge is 0.379 e. The third-order valence-electron chi connectivity index (χ3n) is 4.29. The third-order valence-corrected chi connectivity index (χ3v) is 4.29. The molecule has 1 aliphatic heterocycles. The van der Waals surface area contributed by atoms with Crippen molar-refractivity contribution in [1.82, 2.24) is 4.90 Å². The summed E-state index contributed by atoms with van der Waals surface area (Å²) in [5, 5.41) is 0. The van der Waals surface area contributed by atoms with Gasteiger partial charge >= 0.3 is 0 Å². The molecule has 3 unspecified atom stereocenters. The van der Waals surface area contributed by atoms with E-state index in [4.69, 9.17) is 10.5 Å². The lowest BCUT2D eigenvalue weighted by Gasteiger charge is -2.35. The van der Waals surface area contributed by atoms with E-state index in [1.165, 1.54) is 0 Å². The van der Waals surface area contributed by atoms with Crippen LogP contribution in [0.2, 0.25) is 0 Å². The second-order valence-electron chi connectivity index (χ2n) is 5.35. The number of nitrogens with zero attached hydrogens (tertiary/aromatic N) is 1. The molecule has 0 aromatic heterocycles. The first-order valence-electron chi connectivity index (χ1n) is 6.16. The summed E-state index contributed by atoms with van der Waals surface area (Å²) in [6.45, 7) is 3.46. The molecule has 2 aliphatic rings. The number of hydrogen-bond acceptors (Lipinski definition) is 3. The molecule has 3 atom stereocenters. The Morgan fingerprint density at radius 1 is 1.50 bits per heavy atom. The van der Waals surface area contributed by atoms with Gasteiger partial charge in [-0.3, -0.25) is 4.79 Å². The van der Waals surface area contributed by atoms with Crippen molar-refractivity contribution in [2.45, 2.75) is 44.7 Å². The summed E-state index contributed by atoms with van der Waals surface area (Å²) in [7, 11) is 1.89. The Morgan fingerprint density at radius 2 is 2.25 bits per heavy atom. The van der Waals surface area contributed by atoms with E-state index in [0.29, 0.717) is 6.61 Å². The average molecular weight is 226 g/mol. The molecule has 1 heterocycles. The number of hydrogen-bond donors (Lipinski definition) is 1. The van der Waals surface area contributed by atoms with Crippen molar-refractivity contribution in [1.29, 1.82) is 0 Å². The molecule has 1 saturated carbocycles. The zero-order chi connectivity index (χ0) is 11.8. The monoisotopic (exact) mass is 226 g/mol. The van der Waals surface area contributed by atoms with Crippen LogP contribution >= 0.6 is 0 Å². The molecular weight excluding hydrogens is 204 g/mol. The van der Waals surface area contributed by atoms with Gasteiger partial charge in [0, 0.05) is 19.7 Å². The van der Waals surface area contributed by atoms with Crippen LogP contribution in [0.1, 0.15) is 32.6 Å². The van der Waals surface area contributed by atoms with E-state index >= 15 is 0 Å². The minimum absolute atomic E-state index is 0.0183. The molecule has 0 bridgehead atoms. The number of ether oxygens (including phenoxy) is 1. The fourth-order valence-electron chi connectivity index (χ4n) is 2.85. The molecule has 2 fully saturated rings. The highest BCUT2D eigenvalue weighted by atomic mass is 16.5. The van der Waals surface area contributed by atoms with Crippen molar-refractivity contribution in [2.75, 3.05) is 20.3 Å². The molecule has 4 nitrogen and oxygen atoms in total. The van der Waals surface area contributed by atoms with Crippen molar-refractivity contribution in [3.05, 3.63) is 0 Å². The van der Waals surface area contributed by atoms with Crippen LogP contribution in [0, 0.1) is 5.41 Å². The van der Waals surface area contributed by atoms with Gasteiger partial charge in [-0.25, -0.2) is 0 Å². The maximum atomic E-state index is 12.5. The average Bonchev–Trinajstić information content (AvgIpc) is 2.88. The van der Waals surface area contributed by atoms with Crippen LogP contribution in [0.5, 0.6) is 0 Å². The Balaban J connectivity index is 2.05. The lowest BCUT2D eigenvalue weighted by Crippen LogP contribution is -2.51. The van der Waals surface area contributed by atoms with Gasteiger partial charge in [-0.15, -0.1) is 0 Å². The van der Waals surface area contributed by atoms with Crippen molar-refractivity contribution in [3.8, 4) is 0 Å². The van der Waals surface area contributed by atoms with E-state index in [-0.39, 0.29) is 23.4 Å². The first-order chi connectivity index (χ1) is 7.55. The van der Waals surface area contributed by atoms with Gasteiger partial charge in [-0.05, 0) is 26.2 Å². The number of nitrogens with two attached hydrogens (primary N) is 1. The van der Waals surface area contributed by atoms with Crippen LogP contribution in [0.3, 0.4) is 0 Å². The molecule has 92 valence electrons. The van der Waals surface area contributed by atoms with Gasteiger partial charge in [0.2, 0.25) is 5.91 Å². The standard InChI is InChI=1S/C12H22N2O2/c1-12(6-3-4-10(12)13)11(15)14(2)9-5-7-16-8-9/h9-10H,3-8,13H2,1-2H3. The second kappa shape index (κ2) is 4.34. The number of carbonyl (C=O) groups is 1. The Kier molecular flexibility index (Phi) is 3.22. The van der Waals surface area contributed by atoms with E-state index in [2.05, 4.69) is 0 Å². The molecule has 1 saturated heterocycles. The van der Waals surface area contributed by atoms with E-state index in [1.807, 2.05) is 18.9 Å². The lowest BCUT2D eigenvalue weighted by molar-refractivity contribution is -0.142. The second-order valence-corrected chi connectivity index (χ2v) is 5.35. The summed E-state index contributed by atoms with van der Waals surface area (Å²) in [4.78, 5) is 14.3. The van der Waals surface area contributed by atoms with Gasteiger partial charge in [0.15, 0.2) is 0 Å². The normalized spacial score (nSPS) is 38.9. The quantitative estimate of drug-likeness (QED) is 0.756. The fourth-order valence-corrected chi connectivity index (χ4v) is 2.85. The maximum absolute atomic E-state index is 12.5. The minimum atomic E-state index is -0.350. The van der Waals surface area contributed by atoms with Crippen LogP contribution in [-0.2, 0) is 9.53 Å². The van der Waals surface area contributed by atoms with E-state index in [9.17, 15) is 4.79 Å². The number of carbonyl (C=O) groups excluding carboxylic acids is 1. The van der Waals surface area contributed by atoms with Crippen molar-refractivity contribution >= 4 is 5.91 Å². The van der Waals surface area contributed by atoms with Gasteiger partial charge in [0.25, 0.3) is 0 Å². The van der Waals surface area contributed by atoms with Crippen LogP contribution in [-0.4, -0.2) is 43.2 Å². The number of amides is 1. The highest BCUT2D eigenvalue weighted by molar-refractivity contribution is 5.83. The third kappa shape index (κ3) is 1.84. The number of rotatable bonds is 2. The molecular formula is C12H22N2O2. The Morgan fingerprint density at radius 3 is 2.75 bits per heavy atom. The molecule has 0 spiro atoms. The lowest BCUT2D eigenvalue weighted by atomic mass is 9.83. The molecule has 2 N–H and O–H groups in total. The van der Waals surface area contributed by atoms with Gasteiger partial charge in [0.05, 0.1) is 18.1 Å². The predicted molar refractivity (Wildman–Crippen MR) is 61.9 cm³/mol. The topological polar surface area (TPSA) is 55.6 Å². The molecule has 0 aromatic rings. The summed E-state index contributed by atoms with van der Waals surface area (Å²) in [5.74, 6) is 0.202.